The summed E-state index contributed by atoms with van der Waals surface area (Å²) < 4.78 is 37.3. The lowest BCUT2D eigenvalue weighted by atomic mass is 9.93. The third-order valence-electron chi connectivity index (χ3n) is 4.59. The van der Waals surface area contributed by atoms with Crippen molar-refractivity contribution in [1.29, 1.82) is 0 Å². The second kappa shape index (κ2) is 13.5. The zero-order chi connectivity index (χ0) is 19.5. The largest absolute Gasteiger partial charge is 0.401 e. The molecule has 0 bridgehead atoms. The summed E-state index contributed by atoms with van der Waals surface area (Å²) in [7, 11) is 1.75. The number of halogens is 4. The summed E-state index contributed by atoms with van der Waals surface area (Å²) >= 11 is 1.79. The molecule has 1 fully saturated rings. The van der Waals surface area contributed by atoms with Gasteiger partial charge in [0.15, 0.2) is 5.96 Å². The highest BCUT2D eigenvalue weighted by molar-refractivity contribution is 14.0. The number of likely N-dealkylation sites (tertiary alicyclic amines) is 1. The molecule has 0 radical (unpaired) electrons. The molecule has 2 N–H and O–H groups in total. The molecule has 28 heavy (non-hydrogen) atoms. The van der Waals surface area contributed by atoms with Gasteiger partial charge in [0.1, 0.15) is 0 Å². The van der Waals surface area contributed by atoms with Gasteiger partial charge in [-0.05, 0) is 50.4 Å². The molecule has 0 atom stereocenters. The molecule has 1 aromatic rings. The van der Waals surface area contributed by atoms with Gasteiger partial charge in [-0.2, -0.15) is 13.2 Å². The molecule has 160 valence electrons. The minimum absolute atomic E-state index is 0. The predicted molar refractivity (Wildman–Crippen MR) is 122 cm³/mol. The van der Waals surface area contributed by atoms with Gasteiger partial charge in [-0.25, -0.2) is 0 Å². The van der Waals surface area contributed by atoms with Gasteiger partial charge < -0.3 is 10.6 Å². The van der Waals surface area contributed by atoms with Gasteiger partial charge in [0, 0.05) is 30.8 Å². The Bertz CT molecular complexity index is 564. The minimum Gasteiger partial charge on any atom is -0.356 e. The van der Waals surface area contributed by atoms with Gasteiger partial charge >= 0.3 is 6.18 Å². The Morgan fingerprint density at radius 1 is 1.14 bits per heavy atom. The van der Waals surface area contributed by atoms with Crippen molar-refractivity contribution >= 4 is 41.7 Å². The van der Waals surface area contributed by atoms with E-state index >= 15 is 0 Å². The van der Waals surface area contributed by atoms with Crippen molar-refractivity contribution in [3.63, 3.8) is 0 Å². The molecule has 1 heterocycles. The van der Waals surface area contributed by atoms with Crippen LogP contribution < -0.4 is 10.6 Å². The fraction of sp³-hybridized carbons (Fsp3) is 0.632. The van der Waals surface area contributed by atoms with Gasteiger partial charge in [-0.15, -0.1) is 35.7 Å². The van der Waals surface area contributed by atoms with Crippen molar-refractivity contribution in [2.45, 2.75) is 30.3 Å². The van der Waals surface area contributed by atoms with Gasteiger partial charge in [0.2, 0.25) is 0 Å². The molecule has 0 amide bonds. The molecule has 0 unspecified atom stereocenters. The van der Waals surface area contributed by atoms with Crippen LogP contribution in [0.5, 0.6) is 0 Å². The number of hydrogen-bond acceptors (Lipinski definition) is 3. The molecule has 0 aliphatic carbocycles. The summed E-state index contributed by atoms with van der Waals surface area (Å²) in [4.78, 5) is 6.98. The molecule has 9 heteroatoms. The molecule has 1 aliphatic rings. The first-order valence-electron chi connectivity index (χ1n) is 9.38. The van der Waals surface area contributed by atoms with Crippen LogP contribution in [0, 0.1) is 5.92 Å². The molecule has 0 aromatic heterocycles. The van der Waals surface area contributed by atoms with Crippen LogP contribution in [-0.2, 0) is 0 Å². The average Bonchev–Trinajstić information content (AvgIpc) is 2.64. The highest BCUT2D eigenvalue weighted by Gasteiger charge is 2.32. The maximum Gasteiger partial charge on any atom is 0.401 e. The van der Waals surface area contributed by atoms with E-state index in [4.69, 9.17) is 0 Å². The molecular formula is C19H30F3IN4S. The van der Waals surface area contributed by atoms with Gasteiger partial charge in [0.25, 0.3) is 0 Å². The summed E-state index contributed by atoms with van der Waals surface area (Å²) in [5, 5.41) is 6.60. The normalized spacial score (nSPS) is 16.5. The van der Waals surface area contributed by atoms with Crippen molar-refractivity contribution in [2.75, 3.05) is 45.5 Å². The van der Waals surface area contributed by atoms with Gasteiger partial charge in [0.05, 0.1) is 6.54 Å². The van der Waals surface area contributed by atoms with Crippen LogP contribution in [-0.4, -0.2) is 62.6 Å². The van der Waals surface area contributed by atoms with E-state index in [9.17, 15) is 13.2 Å². The van der Waals surface area contributed by atoms with Crippen molar-refractivity contribution < 1.29 is 13.2 Å². The topological polar surface area (TPSA) is 39.7 Å². The lowest BCUT2D eigenvalue weighted by molar-refractivity contribution is -0.148. The van der Waals surface area contributed by atoms with E-state index in [1.165, 1.54) is 9.80 Å². The Balaban J connectivity index is 0.00000392. The van der Waals surface area contributed by atoms with Crippen molar-refractivity contribution in [3.05, 3.63) is 30.3 Å². The fourth-order valence-corrected chi connectivity index (χ4v) is 3.95. The highest BCUT2D eigenvalue weighted by Crippen LogP contribution is 2.24. The summed E-state index contributed by atoms with van der Waals surface area (Å²) in [5.74, 6) is 2.20. The fourth-order valence-electron chi connectivity index (χ4n) is 3.16. The van der Waals surface area contributed by atoms with Crippen LogP contribution in [0.3, 0.4) is 0 Å². The Morgan fingerprint density at radius 3 is 2.39 bits per heavy atom. The molecule has 1 saturated heterocycles. The first-order valence-corrected chi connectivity index (χ1v) is 10.4. The third kappa shape index (κ3) is 10.8. The number of thioether (sulfide) groups is 1. The van der Waals surface area contributed by atoms with Crippen LogP contribution in [0.4, 0.5) is 13.2 Å². The number of hydrogen-bond donors (Lipinski definition) is 2. The summed E-state index contributed by atoms with van der Waals surface area (Å²) in [6.45, 7) is 1.89. The van der Waals surface area contributed by atoms with Crippen LogP contribution >= 0.6 is 35.7 Å². The van der Waals surface area contributed by atoms with Crippen LogP contribution in [0.15, 0.2) is 40.2 Å². The van der Waals surface area contributed by atoms with Crippen molar-refractivity contribution in [3.8, 4) is 0 Å². The highest BCUT2D eigenvalue weighted by atomic mass is 127. The number of rotatable bonds is 8. The van der Waals surface area contributed by atoms with Crippen LogP contribution in [0.25, 0.3) is 0 Å². The van der Waals surface area contributed by atoms with E-state index in [1.807, 2.05) is 18.2 Å². The molecule has 2 rings (SSSR count). The number of piperidine rings is 1. The molecule has 4 nitrogen and oxygen atoms in total. The van der Waals surface area contributed by atoms with E-state index in [0.29, 0.717) is 19.0 Å². The van der Waals surface area contributed by atoms with E-state index in [0.717, 1.165) is 44.1 Å². The zero-order valence-electron chi connectivity index (χ0n) is 16.2. The number of nitrogens with zero attached hydrogens (tertiary/aromatic N) is 2. The zero-order valence-corrected chi connectivity index (χ0v) is 19.3. The van der Waals surface area contributed by atoms with Crippen LogP contribution in [0.2, 0.25) is 0 Å². The van der Waals surface area contributed by atoms with Gasteiger partial charge in [-0.1, -0.05) is 18.2 Å². The van der Waals surface area contributed by atoms with E-state index in [2.05, 4.69) is 27.8 Å². The number of benzene rings is 1. The molecule has 1 aliphatic heterocycles. The van der Waals surface area contributed by atoms with E-state index < -0.39 is 12.7 Å². The number of aliphatic imine (C=N–C) groups is 1. The van der Waals surface area contributed by atoms with Crippen LogP contribution in [0.1, 0.15) is 19.3 Å². The van der Waals surface area contributed by atoms with Gasteiger partial charge in [-0.3, -0.25) is 9.89 Å². The second-order valence-corrected chi connectivity index (χ2v) is 7.88. The maximum atomic E-state index is 12.4. The molecule has 0 spiro atoms. The summed E-state index contributed by atoms with van der Waals surface area (Å²) in [6.07, 6.45) is -1.47. The number of guanidine groups is 1. The predicted octanol–water partition coefficient (Wildman–Crippen LogP) is 4.23. The quantitative estimate of drug-likeness (QED) is 0.174. The molecule has 0 saturated carbocycles. The first-order chi connectivity index (χ1) is 13.0. The lowest BCUT2D eigenvalue weighted by Crippen LogP contribution is -2.42. The minimum atomic E-state index is -4.09. The Kier molecular flexibility index (Phi) is 12.2. The third-order valence-corrected chi connectivity index (χ3v) is 5.60. The van der Waals surface area contributed by atoms with Crippen molar-refractivity contribution in [1.82, 2.24) is 15.5 Å². The molecular weight excluding hydrogens is 500 g/mol. The smallest absolute Gasteiger partial charge is 0.356 e. The maximum absolute atomic E-state index is 12.4. The Morgan fingerprint density at radius 2 is 1.79 bits per heavy atom. The van der Waals surface area contributed by atoms with E-state index in [-0.39, 0.29) is 24.0 Å². The van der Waals surface area contributed by atoms with E-state index in [1.54, 1.807) is 18.8 Å². The Hall–Kier alpha value is -0.680. The average molecular weight is 530 g/mol. The summed E-state index contributed by atoms with van der Waals surface area (Å²) in [5.41, 5.74) is 0. The Labute approximate surface area is 187 Å². The van der Waals surface area contributed by atoms with Crippen molar-refractivity contribution in [2.24, 2.45) is 10.9 Å². The number of nitrogens with one attached hydrogen (secondary N) is 2. The lowest BCUT2D eigenvalue weighted by Gasteiger charge is -2.32. The SMILES string of the molecule is CN=C(NCCSc1ccccc1)NCCC1CCN(CC(F)(F)F)CC1.I. The second-order valence-electron chi connectivity index (χ2n) is 6.71. The number of alkyl halides is 3. The first kappa shape index (κ1) is 25.4. The monoisotopic (exact) mass is 530 g/mol. The standard InChI is InChI=1S/C19H29F3N4S.HI/c1-23-18(25-11-14-27-17-5-3-2-4-6-17)24-10-7-16-8-12-26(13-9-16)15-19(20,21)22;/h2-6,16H,7-15H2,1H3,(H2,23,24,25);1H. The summed E-state index contributed by atoms with van der Waals surface area (Å²) in [6, 6.07) is 10.3. The molecule has 1 aromatic carbocycles.